The second kappa shape index (κ2) is 8.95. The first-order valence-corrected chi connectivity index (χ1v) is 11.6. The van der Waals surface area contributed by atoms with E-state index in [1.54, 1.807) is 30.6 Å². The smallest absolute Gasteiger partial charge is 0.240 e. The summed E-state index contributed by atoms with van der Waals surface area (Å²) >= 11 is 0. The van der Waals surface area contributed by atoms with Gasteiger partial charge in [0, 0.05) is 47.5 Å². The number of hydrogen-bond donors (Lipinski definition) is 3. The second-order valence-electron chi connectivity index (χ2n) is 7.57. The number of nitrogens with zero attached hydrogens (tertiary/aromatic N) is 1. The lowest BCUT2D eigenvalue weighted by atomic mass is 10.1. The number of aromatic nitrogens is 2. The molecule has 4 rings (SSSR count). The summed E-state index contributed by atoms with van der Waals surface area (Å²) in [6.07, 6.45) is 7.42. The summed E-state index contributed by atoms with van der Waals surface area (Å²) < 4.78 is 28.1. The molecule has 0 radical (unpaired) electrons. The number of sulfonamides is 1. The summed E-state index contributed by atoms with van der Waals surface area (Å²) in [5.74, 6) is 0. The van der Waals surface area contributed by atoms with Gasteiger partial charge in [0.25, 0.3) is 0 Å². The lowest BCUT2D eigenvalue weighted by molar-refractivity contribution is 0.532. The number of aryl methyl sites for hydroxylation is 1. The SMILES string of the molecule is C[C@H](CNCCCc1c[nH]c2ccccc12)NS(=O)(=O)c1ccc2cnccc2c1. The molecular formula is C23H26N4O2S. The fourth-order valence-corrected chi connectivity index (χ4v) is 4.94. The van der Waals surface area contributed by atoms with Crippen LogP contribution in [0.3, 0.4) is 0 Å². The van der Waals surface area contributed by atoms with Crippen LogP contribution in [-0.4, -0.2) is 37.5 Å². The monoisotopic (exact) mass is 422 g/mol. The maximum absolute atomic E-state index is 12.7. The number of rotatable bonds is 9. The highest BCUT2D eigenvalue weighted by Gasteiger charge is 2.17. The average Bonchev–Trinajstić information content (AvgIpc) is 3.16. The molecule has 0 fully saturated rings. The van der Waals surface area contributed by atoms with Gasteiger partial charge in [-0.2, -0.15) is 0 Å². The van der Waals surface area contributed by atoms with E-state index in [9.17, 15) is 8.42 Å². The Bertz CT molecular complexity index is 1250. The topological polar surface area (TPSA) is 86.9 Å². The van der Waals surface area contributed by atoms with E-state index in [-0.39, 0.29) is 10.9 Å². The van der Waals surface area contributed by atoms with E-state index in [1.165, 1.54) is 10.9 Å². The molecule has 0 aliphatic rings. The highest BCUT2D eigenvalue weighted by atomic mass is 32.2. The molecule has 4 aromatic rings. The van der Waals surface area contributed by atoms with E-state index in [0.717, 1.165) is 35.7 Å². The van der Waals surface area contributed by atoms with Crippen molar-refractivity contribution in [3.8, 4) is 0 Å². The third kappa shape index (κ3) is 4.70. The largest absolute Gasteiger partial charge is 0.361 e. The van der Waals surface area contributed by atoms with Gasteiger partial charge in [0.05, 0.1) is 4.90 Å². The molecule has 0 spiro atoms. The number of hydrogen-bond acceptors (Lipinski definition) is 4. The van der Waals surface area contributed by atoms with Gasteiger partial charge in [0.15, 0.2) is 0 Å². The van der Waals surface area contributed by atoms with Crippen molar-refractivity contribution in [1.82, 2.24) is 20.0 Å². The number of H-pyrrole nitrogens is 1. The summed E-state index contributed by atoms with van der Waals surface area (Å²) in [4.78, 5) is 7.63. The van der Waals surface area contributed by atoms with Crippen LogP contribution in [0.5, 0.6) is 0 Å². The Kier molecular flexibility index (Phi) is 6.13. The van der Waals surface area contributed by atoms with Gasteiger partial charge in [-0.3, -0.25) is 4.98 Å². The van der Waals surface area contributed by atoms with Crippen LogP contribution in [0.25, 0.3) is 21.7 Å². The van der Waals surface area contributed by atoms with Crippen molar-refractivity contribution in [3.05, 3.63) is 72.7 Å². The molecule has 0 bridgehead atoms. The van der Waals surface area contributed by atoms with Gasteiger partial charge in [0.2, 0.25) is 10.0 Å². The van der Waals surface area contributed by atoms with Crippen LogP contribution in [0.15, 0.2) is 72.0 Å². The molecule has 6 nitrogen and oxygen atoms in total. The van der Waals surface area contributed by atoms with Crippen LogP contribution in [0.4, 0.5) is 0 Å². The molecule has 30 heavy (non-hydrogen) atoms. The molecule has 2 aromatic carbocycles. The minimum absolute atomic E-state index is 0.212. The summed E-state index contributed by atoms with van der Waals surface area (Å²) in [7, 11) is -3.57. The summed E-state index contributed by atoms with van der Waals surface area (Å²) in [5.41, 5.74) is 2.47. The molecule has 7 heteroatoms. The Labute approximate surface area is 176 Å². The maximum Gasteiger partial charge on any atom is 0.240 e. The number of aromatic amines is 1. The molecule has 0 amide bonds. The van der Waals surface area contributed by atoms with E-state index < -0.39 is 10.0 Å². The quantitative estimate of drug-likeness (QED) is 0.360. The minimum Gasteiger partial charge on any atom is -0.361 e. The first-order valence-electron chi connectivity index (χ1n) is 10.1. The first kappa shape index (κ1) is 20.5. The van der Waals surface area contributed by atoms with Crippen molar-refractivity contribution in [1.29, 1.82) is 0 Å². The van der Waals surface area contributed by atoms with Crippen molar-refractivity contribution in [2.24, 2.45) is 0 Å². The molecule has 0 saturated carbocycles. The lowest BCUT2D eigenvalue weighted by Gasteiger charge is -2.15. The van der Waals surface area contributed by atoms with E-state index in [1.807, 2.05) is 19.1 Å². The number of fused-ring (bicyclic) bond motifs is 2. The molecular weight excluding hydrogens is 396 g/mol. The van der Waals surface area contributed by atoms with Crippen molar-refractivity contribution >= 4 is 31.7 Å². The van der Waals surface area contributed by atoms with Crippen LogP contribution < -0.4 is 10.0 Å². The van der Waals surface area contributed by atoms with Crippen molar-refractivity contribution in [3.63, 3.8) is 0 Å². The molecule has 3 N–H and O–H groups in total. The number of pyridine rings is 1. The van der Waals surface area contributed by atoms with Crippen molar-refractivity contribution in [2.45, 2.75) is 30.7 Å². The van der Waals surface area contributed by atoms with Gasteiger partial charge < -0.3 is 10.3 Å². The zero-order valence-corrected chi connectivity index (χ0v) is 17.7. The van der Waals surface area contributed by atoms with Crippen LogP contribution in [-0.2, 0) is 16.4 Å². The molecule has 2 heterocycles. The van der Waals surface area contributed by atoms with Crippen LogP contribution in [0.1, 0.15) is 18.9 Å². The number of benzene rings is 2. The summed E-state index contributed by atoms with van der Waals surface area (Å²) in [6, 6.07) is 15.0. The summed E-state index contributed by atoms with van der Waals surface area (Å²) in [5, 5.41) is 6.40. The lowest BCUT2D eigenvalue weighted by Crippen LogP contribution is -2.40. The summed E-state index contributed by atoms with van der Waals surface area (Å²) in [6.45, 7) is 3.27. The third-order valence-electron chi connectivity index (χ3n) is 5.20. The number of nitrogens with one attached hydrogen (secondary N) is 3. The van der Waals surface area contributed by atoms with Crippen molar-refractivity contribution in [2.75, 3.05) is 13.1 Å². The number of para-hydroxylation sites is 1. The Morgan fingerprint density at radius 3 is 2.87 bits per heavy atom. The van der Waals surface area contributed by atoms with Gasteiger partial charge in [-0.05, 0) is 61.5 Å². The fourth-order valence-electron chi connectivity index (χ4n) is 3.66. The first-order chi connectivity index (χ1) is 14.5. The zero-order valence-electron chi connectivity index (χ0n) is 16.9. The highest BCUT2D eigenvalue weighted by Crippen LogP contribution is 2.19. The zero-order chi connectivity index (χ0) is 21.0. The predicted octanol–water partition coefficient (Wildman–Crippen LogP) is 3.61. The normalized spacial score (nSPS) is 13.1. The molecule has 1 atom stereocenters. The van der Waals surface area contributed by atoms with E-state index in [0.29, 0.717) is 6.54 Å². The van der Waals surface area contributed by atoms with Gasteiger partial charge in [-0.25, -0.2) is 13.1 Å². The standard InChI is InChI=1S/C23H26N4O2S/c1-17(14-24-11-4-5-20-16-26-23-7-3-2-6-22(20)23)27-30(28,29)21-9-8-19-15-25-12-10-18(19)13-21/h2-3,6-10,12-13,15-17,24,26-27H,4-5,11,14H2,1H3/t17-/m1/s1. The molecule has 0 aliphatic carbocycles. The van der Waals surface area contributed by atoms with Gasteiger partial charge in [-0.15, -0.1) is 0 Å². The Hall–Kier alpha value is -2.74. The van der Waals surface area contributed by atoms with Gasteiger partial charge in [0.1, 0.15) is 0 Å². The van der Waals surface area contributed by atoms with Gasteiger partial charge in [-0.1, -0.05) is 24.3 Å². The molecule has 0 aliphatic heterocycles. The second-order valence-corrected chi connectivity index (χ2v) is 9.29. The van der Waals surface area contributed by atoms with Crippen LogP contribution in [0.2, 0.25) is 0 Å². The Morgan fingerprint density at radius 2 is 1.97 bits per heavy atom. The van der Waals surface area contributed by atoms with E-state index in [4.69, 9.17) is 0 Å². The fraction of sp³-hybridized carbons (Fsp3) is 0.261. The maximum atomic E-state index is 12.7. The molecule has 156 valence electrons. The van der Waals surface area contributed by atoms with E-state index >= 15 is 0 Å². The van der Waals surface area contributed by atoms with Gasteiger partial charge >= 0.3 is 0 Å². The Balaban J connectivity index is 1.26. The minimum atomic E-state index is -3.57. The van der Waals surface area contributed by atoms with Crippen LogP contribution in [0, 0.1) is 0 Å². The molecule has 0 unspecified atom stereocenters. The molecule has 2 aromatic heterocycles. The van der Waals surface area contributed by atoms with E-state index in [2.05, 4.69) is 44.4 Å². The average molecular weight is 423 g/mol. The van der Waals surface area contributed by atoms with Crippen LogP contribution >= 0.6 is 0 Å². The predicted molar refractivity (Wildman–Crippen MR) is 121 cm³/mol. The molecule has 0 saturated heterocycles. The Morgan fingerprint density at radius 1 is 1.10 bits per heavy atom. The van der Waals surface area contributed by atoms with Crippen molar-refractivity contribution < 1.29 is 8.42 Å². The third-order valence-corrected chi connectivity index (χ3v) is 6.79. The highest BCUT2D eigenvalue weighted by molar-refractivity contribution is 7.89.